The number of hydrogen-bond donors (Lipinski definition) is 2. The summed E-state index contributed by atoms with van der Waals surface area (Å²) in [6.45, 7) is 1.67. The molecule has 0 atom stereocenters. The number of nitrogens with zero attached hydrogens (tertiary/aromatic N) is 1. The first kappa shape index (κ1) is 27.8. The van der Waals surface area contributed by atoms with E-state index >= 15 is 0 Å². The summed E-state index contributed by atoms with van der Waals surface area (Å²) in [6.07, 6.45) is 1.28. The first-order valence-electron chi connectivity index (χ1n) is 11.5. The van der Waals surface area contributed by atoms with E-state index in [0.29, 0.717) is 20.7 Å². The first-order chi connectivity index (χ1) is 18.7. The SMILES string of the molecule is CCOc1cc(/C=C2\C(=O)NC(=O)N(c3ccc(F)cc3)C2=O)cc(Br)c1OCC(=O)Nc1ccc(Cl)cc1. The summed E-state index contributed by atoms with van der Waals surface area (Å²) in [5.41, 5.74) is 0.677. The van der Waals surface area contributed by atoms with Gasteiger partial charge in [-0.3, -0.25) is 19.7 Å². The van der Waals surface area contributed by atoms with Gasteiger partial charge in [-0.1, -0.05) is 11.6 Å². The Morgan fingerprint density at radius 2 is 1.77 bits per heavy atom. The molecule has 0 spiro atoms. The molecule has 3 aromatic carbocycles. The molecule has 9 nitrogen and oxygen atoms in total. The molecule has 200 valence electrons. The van der Waals surface area contributed by atoms with Crippen LogP contribution in [0.5, 0.6) is 11.5 Å². The molecule has 0 radical (unpaired) electrons. The Balaban J connectivity index is 1.57. The summed E-state index contributed by atoms with van der Waals surface area (Å²) in [5, 5.41) is 5.33. The number of nitrogens with one attached hydrogen (secondary N) is 2. The number of halogens is 3. The Morgan fingerprint density at radius 1 is 1.08 bits per heavy atom. The van der Waals surface area contributed by atoms with Crippen molar-refractivity contribution in [2.45, 2.75) is 6.92 Å². The Bertz CT molecular complexity index is 1480. The van der Waals surface area contributed by atoms with E-state index in [9.17, 15) is 23.6 Å². The lowest BCUT2D eigenvalue weighted by Gasteiger charge is -2.26. The number of hydrogen-bond acceptors (Lipinski definition) is 6. The number of benzene rings is 3. The fourth-order valence-electron chi connectivity index (χ4n) is 3.59. The second kappa shape index (κ2) is 12.1. The van der Waals surface area contributed by atoms with Crippen molar-refractivity contribution in [1.29, 1.82) is 0 Å². The number of urea groups is 1. The monoisotopic (exact) mass is 615 g/mol. The minimum Gasteiger partial charge on any atom is -0.490 e. The van der Waals surface area contributed by atoms with E-state index in [0.717, 1.165) is 17.0 Å². The van der Waals surface area contributed by atoms with Gasteiger partial charge in [0, 0.05) is 10.7 Å². The fourth-order valence-corrected chi connectivity index (χ4v) is 4.29. The third-order valence-electron chi connectivity index (χ3n) is 5.30. The number of ether oxygens (including phenoxy) is 2. The van der Waals surface area contributed by atoms with Crippen LogP contribution in [0.2, 0.25) is 5.02 Å². The molecule has 3 aromatic rings. The lowest BCUT2D eigenvalue weighted by molar-refractivity contribution is -0.122. The first-order valence-corrected chi connectivity index (χ1v) is 12.6. The number of carbonyl (C=O) groups is 4. The van der Waals surface area contributed by atoms with Crippen molar-refractivity contribution < 1.29 is 33.0 Å². The highest BCUT2D eigenvalue weighted by Gasteiger charge is 2.37. The number of anilines is 2. The lowest BCUT2D eigenvalue weighted by atomic mass is 10.1. The number of barbiturate groups is 1. The normalized spacial score (nSPS) is 14.3. The predicted molar refractivity (Wildman–Crippen MR) is 146 cm³/mol. The van der Waals surface area contributed by atoms with Crippen molar-refractivity contribution in [2.75, 3.05) is 23.4 Å². The molecule has 39 heavy (non-hydrogen) atoms. The van der Waals surface area contributed by atoms with E-state index in [1.54, 1.807) is 37.3 Å². The topological polar surface area (TPSA) is 114 Å². The van der Waals surface area contributed by atoms with Gasteiger partial charge in [-0.25, -0.2) is 14.1 Å². The maximum Gasteiger partial charge on any atom is 0.335 e. The number of rotatable bonds is 8. The molecular weight excluding hydrogens is 597 g/mol. The third-order valence-corrected chi connectivity index (χ3v) is 6.15. The second-order valence-corrected chi connectivity index (χ2v) is 9.33. The quantitative estimate of drug-likeness (QED) is 0.262. The highest BCUT2D eigenvalue weighted by molar-refractivity contribution is 9.10. The highest BCUT2D eigenvalue weighted by Crippen LogP contribution is 2.38. The zero-order valence-electron chi connectivity index (χ0n) is 20.3. The van der Waals surface area contributed by atoms with Crippen molar-refractivity contribution in [3.63, 3.8) is 0 Å². The maximum absolute atomic E-state index is 13.3. The summed E-state index contributed by atoms with van der Waals surface area (Å²) in [6, 6.07) is 13.4. The van der Waals surface area contributed by atoms with Crippen LogP contribution in [0.3, 0.4) is 0 Å². The van der Waals surface area contributed by atoms with Gasteiger partial charge >= 0.3 is 6.03 Å². The van der Waals surface area contributed by atoms with E-state index in [1.165, 1.54) is 24.3 Å². The average molecular weight is 617 g/mol. The van der Waals surface area contributed by atoms with Gasteiger partial charge in [-0.2, -0.15) is 0 Å². The van der Waals surface area contributed by atoms with Crippen LogP contribution in [-0.2, 0) is 14.4 Å². The van der Waals surface area contributed by atoms with Crippen LogP contribution in [-0.4, -0.2) is 37.0 Å². The minimum absolute atomic E-state index is 0.0918. The molecule has 0 aromatic heterocycles. The van der Waals surface area contributed by atoms with Crippen molar-refractivity contribution in [3.8, 4) is 11.5 Å². The van der Waals surface area contributed by atoms with Crippen LogP contribution >= 0.6 is 27.5 Å². The van der Waals surface area contributed by atoms with E-state index in [1.807, 2.05) is 0 Å². The number of carbonyl (C=O) groups excluding carboxylic acids is 4. The predicted octanol–water partition coefficient (Wildman–Crippen LogP) is 5.32. The molecule has 0 aliphatic carbocycles. The maximum atomic E-state index is 13.3. The summed E-state index contributed by atoms with van der Waals surface area (Å²) in [4.78, 5) is 51.1. The van der Waals surface area contributed by atoms with Crippen molar-refractivity contribution in [1.82, 2.24) is 5.32 Å². The molecule has 2 N–H and O–H groups in total. The molecule has 1 aliphatic rings. The van der Waals surface area contributed by atoms with Crippen molar-refractivity contribution in [3.05, 3.63) is 87.1 Å². The van der Waals surface area contributed by atoms with Gasteiger partial charge in [-0.15, -0.1) is 0 Å². The Morgan fingerprint density at radius 3 is 2.44 bits per heavy atom. The molecule has 0 saturated carbocycles. The molecule has 0 bridgehead atoms. The van der Waals surface area contributed by atoms with Crippen molar-refractivity contribution in [2.24, 2.45) is 0 Å². The zero-order valence-corrected chi connectivity index (χ0v) is 22.6. The fraction of sp³-hybridized carbons (Fsp3) is 0.111. The largest absolute Gasteiger partial charge is 0.490 e. The Hall–Kier alpha value is -4.22. The summed E-state index contributed by atoms with van der Waals surface area (Å²) in [5.74, 6) is -2.28. The van der Waals surface area contributed by atoms with Crippen LogP contribution in [0.25, 0.3) is 6.08 Å². The van der Waals surface area contributed by atoms with Crippen LogP contribution in [0.1, 0.15) is 12.5 Å². The van der Waals surface area contributed by atoms with E-state index in [2.05, 4.69) is 26.6 Å². The molecule has 1 saturated heterocycles. The van der Waals surface area contributed by atoms with E-state index < -0.39 is 29.6 Å². The minimum atomic E-state index is -0.953. The third kappa shape index (κ3) is 6.62. The summed E-state index contributed by atoms with van der Waals surface area (Å²) >= 11 is 9.25. The lowest BCUT2D eigenvalue weighted by Crippen LogP contribution is -2.54. The van der Waals surface area contributed by atoms with Crippen LogP contribution in [0.15, 0.2) is 70.7 Å². The summed E-state index contributed by atoms with van der Waals surface area (Å²) < 4.78 is 25.1. The van der Waals surface area contributed by atoms with Gasteiger partial charge in [0.1, 0.15) is 11.4 Å². The van der Waals surface area contributed by atoms with Crippen LogP contribution in [0, 0.1) is 5.82 Å². The van der Waals surface area contributed by atoms with Crippen LogP contribution in [0.4, 0.5) is 20.6 Å². The van der Waals surface area contributed by atoms with Gasteiger partial charge in [0.25, 0.3) is 17.7 Å². The second-order valence-electron chi connectivity index (χ2n) is 8.04. The van der Waals surface area contributed by atoms with Gasteiger partial charge in [-0.05, 0) is 95.2 Å². The molecule has 1 fully saturated rings. The molecule has 4 rings (SSSR count). The van der Waals surface area contributed by atoms with Gasteiger partial charge in [0.15, 0.2) is 18.1 Å². The standard InChI is InChI=1S/C27H20BrClFN3O6/c1-2-38-22-13-15(12-21(28)24(22)39-14-23(34)31-18-7-3-16(29)4-8-18)11-20-25(35)32-27(37)33(26(20)36)19-9-5-17(30)6-10-19/h3-13H,2,14H2,1H3,(H,31,34)(H,32,35,37)/b20-11+. The van der Waals surface area contributed by atoms with Crippen molar-refractivity contribution >= 4 is 68.7 Å². The van der Waals surface area contributed by atoms with E-state index in [-0.39, 0.29) is 36.0 Å². The molecule has 1 heterocycles. The molecule has 12 heteroatoms. The number of imide groups is 2. The Kier molecular flexibility index (Phi) is 8.62. The smallest absolute Gasteiger partial charge is 0.335 e. The van der Waals surface area contributed by atoms with Gasteiger partial charge in [0.2, 0.25) is 0 Å². The molecule has 1 aliphatic heterocycles. The molecule has 0 unspecified atom stereocenters. The Labute approximate surface area is 235 Å². The van der Waals surface area contributed by atoms with E-state index in [4.69, 9.17) is 21.1 Å². The zero-order chi connectivity index (χ0) is 28.1. The highest BCUT2D eigenvalue weighted by atomic mass is 79.9. The average Bonchev–Trinajstić information content (AvgIpc) is 2.88. The van der Waals surface area contributed by atoms with Crippen LogP contribution < -0.4 is 25.0 Å². The van der Waals surface area contributed by atoms with Gasteiger partial charge < -0.3 is 14.8 Å². The summed E-state index contributed by atoms with van der Waals surface area (Å²) in [7, 11) is 0. The number of amides is 5. The molecular formula is C27H20BrClFN3O6. The van der Waals surface area contributed by atoms with Gasteiger partial charge in [0.05, 0.1) is 16.8 Å². The molecule has 5 amide bonds.